The van der Waals surface area contributed by atoms with Gasteiger partial charge in [0.2, 0.25) is 0 Å². The summed E-state index contributed by atoms with van der Waals surface area (Å²) >= 11 is 4.11. The van der Waals surface area contributed by atoms with Gasteiger partial charge in [-0.2, -0.15) is 0 Å². The molecule has 0 heterocycles. The van der Waals surface area contributed by atoms with Crippen LogP contribution >= 0.6 is 28.1 Å². The zero-order valence-corrected chi connectivity index (χ0v) is 8.13. The molecule has 2 N–H and O–H groups in total. The van der Waals surface area contributed by atoms with E-state index in [4.69, 9.17) is 5.14 Å². The van der Waals surface area contributed by atoms with Crippen LogP contribution in [0.1, 0.15) is 6.92 Å². The van der Waals surface area contributed by atoms with Crippen molar-refractivity contribution in [3.05, 3.63) is 23.2 Å². The van der Waals surface area contributed by atoms with E-state index in [1.54, 1.807) is 0 Å². The zero-order valence-electron chi connectivity index (χ0n) is 5.72. The molecule has 0 rings (SSSR count). The Balaban J connectivity index is 4.22. The molecule has 0 saturated carbocycles. The number of nitrogens with two attached hydrogens (primary N) is 1. The van der Waals surface area contributed by atoms with Crippen molar-refractivity contribution in [3.63, 3.8) is 0 Å². The van der Waals surface area contributed by atoms with Gasteiger partial charge in [-0.1, -0.05) is 29.1 Å². The molecule has 0 bridgehead atoms. The lowest BCUT2D eigenvalue weighted by Gasteiger charge is -1.99. The van der Waals surface area contributed by atoms with E-state index in [1.807, 2.05) is 6.92 Å². The summed E-state index contributed by atoms with van der Waals surface area (Å²) in [5.74, 6) is 0. The standard InChI is InChI=1S/C6H9BrN2S/c1-4(5(2)7)6(3)9-10-8/h1-2,8H2,3H3. The molecule has 0 fully saturated rings. The zero-order chi connectivity index (χ0) is 8.15. The molecule has 0 aliphatic heterocycles. The maximum Gasteiger partial charge on any atom is 0.0558 e. The van der Waals surface area contributed by atoms with Gasteiger partial charge in [-0.25, -0.2) is 4.40 Å². The topological polar surface area (TPSA) is 38.4 Å². The van der Waals surface area contributed by atoms with E-state index < -0.39 is 0 Å². The summed E-state index contributed by atoms with van der Waals surface area (Å²) in [5.41, 5.74) is 1.56. The first-order valence-corrected chi connectivity index (χ1v) is 4.17. The highest BCUT2D eigenvalue weighted by molar-refractivity contribution is 9.12. The molecule has 56 valence electrons. The molecule has 10 heavy (non-hydrogen) atoms. The first-order valence-electron chi connectivity index (χ1n) is 2.54. The van der Waals surface area contributed by atoms with Crippen molar-refractivity contribution < 1.29 is 0 Å². The number of hydrogen-bond donors (Lipinski definition) is 1. The Hall–Kier alpha value is -0.0600. The van der Waals surface area contributed by atoms with Gasteiger partial charge in [0, 0.05) is 10.1 Å². The van der Waals surface area contributed by atoms with Crippen LogP contribution in [0.5, 0.6) is 0 Å². The fourth-order valence-corrected chi connectivity index (χ4v) is 0.886. The van der Waals surface area contributed by atoms with Crippen LogP contribution in [0.2, 0.25) is 0 Å². The maximum atomic E-state index is 5.11. The lowest BCUT2D eigenvalue weighted by Crippen LogP contribution is -1.94. The molecule has 0 radical (unpaired) electrons. The Labute approximate surface area is 73.7 Å². The second-order valence-electron chi connectivity index (χ2n) is 1.67. The van der Waals surface area contributed by atoms with Crippen molar-refractivity contribution in [2.24, 2.45) is 9.54 Å². The van der Waals surface area contributed by atoms with E-state index in [0.29, 0.717) is 0 Å². The number of hydrogen-bond acceptors (Lipinski definition) is 3. The third kappa shape index (κ3) is 3.20. The van der Waals surface area contributed by atoms with Crippen molar-refractivity contribution in [1.29, 1.82) is 0 Å². The van der Waals surface area contributed by atoms with Gasteiger partial charge >= 0.3 is 0 Å². The van der Waals surface area contributed by atoms with Crippen LogP contribution in [0.15, 0.2) is 27.6 Å². The normalized spacial score (nSPS) is 11.3. The smallest absolute Gasteiger partial charge is 0.0558 e. The van der Waals surface area contributed by atoms with Crippen molar-refractivity contribution in [2.45, 2.75) is 6.92 Å². The van der Waals surface area contributed by atoms with Crippen LogP contribution in [-0.4, -0.2) is 5.71 Å². The molecule has 0 unspecified atom stereocenters. The predicted molar refractivity (Wildman–Crippen MR) is 52.1 cm³/mol. The third-order valence-corrected chi connectivity index (χ3v) is 1.81. The molecule has 0 aromatic heterocycles. The monoisotopic (exact) mass is 220 g/mol. The molecule has 0 aliphatic carbocycles. The minimum atomic E-state index is 0.739. The van der Waals surface area contributed by atoms with Gasteiger partial charge < -0.3 is 0 Å². The Morgan fingerprint density at radius 2 is 2.10 bits per heavy atom. The summed E-state index contributed by atoms with van der Waals surface area (Å²) < 4.78 is 4.61. The highest BCUT2D eigenvalue weighted by Gasteiger charge is 1.98. The molecule has 0 atom stereocenters. The molecular formula is C6H9BrN2S. The van der Waals surface area contributed by atoms with Crippen LogP contribution in [-0.2, 0) is 0 Å². The van der Waals surface area contributed by atoms with Crippen LogP contribution in [0.4, 0.5) is 0 Å². The van der Waals surface area contributed by atoms with Gasteiger partial charge in [-0.05, 0) is 6.92 Å². The Bertz CT molecular complexity index is 186. The van der Waals surface area contributed by atoms with E-state index in [-0.39, 0.29) is 0 Å². The first kappa shape index (κ1) is 9.94. The van der Waals surface area contributed by atoms with Crippen LogP contribution in [0.25, 0.3) is 0 Å². The summed E-state index contributed by atoms with van der Waals surface area (Å²) in [5, 5.41) is 5.11. The second kappa shape index (κ2) is 4.71. The quantitative estimate of drug-likeness (QED) is 0.451. The van der Waals surface area contributed by atoms with E-state index in [0.717, 1.165) is 27.9 Å². The lowest BCUT2D eigenvalue weighted by atomic mass is 10.2. The highest BCUT2D eigenvalue weighted by Crippen LogP contribution is 2.14. The van der Waals surface area contributed by atoms with Crippen molar-refractivity contribution in [1.82, 2.24) is 0 Å². The predicted octanol–water partition coefficient (Wildman–Crippen LogP) is 2.43. The summed E-state index contributed by atoms with van der Waals surface area (Å²) in [6.45, 7) is 9.20. The Morgan fingerprint density at radius 1 is 1.60 bits per heavy atom. The molecule has 4 heteroatoms. The van der Waals surface area contributed by atoms with Gasteiger partial charge in [-0.15, -0.1) is 0 Å². The Kier molecular flexibility index (Phi) is 4.68. The third-order valence-electron chi connectivity index (χ3n) is 0.954. The van der Waals surface area contributed by atoms with Gasteiger partial charge in [0.25, 0.3) is 0 Å². The van der Waals surface area contributed by atoms with Crippen molar-refractivity contribution in [3.8, 4) is 0 Å². The fraction of sp³-hybridized carbons (Fsp3) is 0.167. The summed E-state index contributed by atoms with van der Waals surface area (Å²) in [4.78, 5) is 0. The van der Waals surface area contributed by atoms with Gasteiger partial charge in [0.15, 0.2) is 0 Å². The molecule has 0 aromatic carbocycles. The van der Waals surface area contributed by atoms with Gasteiger partial charge in [-0.3, -0.25) is 5.14 Å². The van der Waals surface area contributed by atoms with E-state index in [2.05, 4.69) is 33.5 Å². The minimum Gasteiger partial charge on any atom is -0.258 e. The van der Waals surface area contributed by atoms with E-state index in [9.17, 15) is 0 Å². The van der Waals surface area contributed by atoms with Gasteiger partial charge in [0.05, 0.1) is 17.8 Å². The molecule has 0 aromatic rings. The molecule has 0 amide bonds. The van der Waals surface area contributed by atoms with Crippen LogP contribution in [0.3, 0.4) is 0 Å². The number of nitrogens with zero attached hydrogens (tertiary/aromatic N) is 1. The highest BCUT2D eigenvalue weighted by atomic mass is 79.9. The fourth-order valence-electron chi connectivity index (χ4n) is 0.330. The molecule has 2 nitrogen and oxygen atoms in total. The van der Waals surface area contributed by atoms with Gasteiger partial charge in [0.1, 0.15) is 0 Å². The molecule has 0 aliphatic rings. The average molecular weight is 221 g/mol. The number of rotatable bonds is 3. The lowest BCUT2D eigenvalue weighted by molar-refractivity contribution is 1.68. The minimum absolute atomic E-state index is 0.739. The average Bonchev–Trinajstić information content (AvgIpc) is 1.87. The maximum absolute atomic E-state index is 5.11. The van der Waals surface area contributed by atoms with E-state index in [1.165, 1.54) is 0 Å². The van der Waals surface area contributed by atoms with Crippen molar-refractivity contribution >= 4 is 33.8 Å². The SMILES string of the molecule is C=C(Br)C(=C)C(C)=NSN. The summed E-state index contributed by atoms with van der Waals surface area (Å²) in [7, 11) is 0. The van der Waals surface area contributed by atoms with E-state index >= 15 is 0 Å². The summed E-state index contributed by atoms with van der Waals surface area (Å²) in [6.07, 6.45) is 0. The largest absolute Gasteiger partial charge is 0.258 e. The molecular weight excluding hydrogens is 212 g/mol. The number of halogens is 1. The van der Waals surface area contributed by atoms with Crippen LogP contribution in [0, 0.1) is 0 Å². The molecule has 0 saturated heterocycles. The second-order valence-corrected chi connectivity index (χ2v) is 3.02. The molecule has 0 spiro atoms. The first-order chi connectivity index (χ1) is 4.59. The van der Waals surface area contributed by atoms with Crippen molar-refractivity contribution in [2.75, 3.05) is 0 Å². The summed E-state index contributed by atoms with van der Waals surface area (Å²) in [6, 6.07) is 0. The Morgan fingerprint density at radius 3 is 2.40 bits per heavy atom. The number of allylic oxidation sites excluding steroid dienone is 2. The van der Waals surface area contributed by atoms with Crippen LogP contribution < -0.4 is 5.14 Å².